The van der Waals surface area contributed by atoms with E-state index in [0.717, 1.165) is 0 Å². The number of hydrogen-bond donors (Lipinski definition) is 0. The van der Waals surface area contributed by atoms with E-state index in [4.69, 9.17) is 4.74 Å². The first kappa shape index (κ1) is 20.2. The minimum absolute atomic E-state index is 0.118. The highest BCUT2D eigenvalue weighted by molar-refractivity contribution is 9.10. The Morgan fingerprint density at radius 2 is 1.75 bits per heavy atom. The number of anilines is 1. The number of methoxy groups -OCH3 is 1. The predicted molar refractivity (Wildman–Crippen MR) is 99.9 cm³/mol. The molecule has 0 aromatic heterocycles. The summed E-state index contributed by atoms with van der Waals surface area (Å²) >= 11 is 3.11. The zero-order valence-corrected chi connectivity index (χ0v) is 15.9. The molecule has 24 heavy (non-hydrogen) atoms. The lowest BCUT2D eigenvalue weighted by molar-refractivity contribution is 0.298. The van der Waals surface area contributed by atoms with Crippen molar-refractivity contribution >= 4 is 21.6 Å². The Morgan fingerprint density at radius 1 is 1.12 bits per heavy atom. The lowest BCUT2D eigenvalue weighted by Gasteiger charge is -2.28. The Balaban J connectivity index is 3.44. The second-order valence-corrected chi connectivity index (χ2v) is 5.73. The average molecular weight is 398 g/mol. The molecule has 0 N–H and O–H groups in total. The summed E-state index contributed by atoms with van der Waals surface area (Å²) in [6, 6.07) is 2.49. The first-order valence-electron chi connectivity index (χ1n) is 7.57. The molecule has 0 fully saturated rings. The van der Waals surface area contributed by atoms with E-state index in [0.29, 0.717) is 22.5 Å². The molecule has 2 nitrogen and oxygen atoms in total. The second kappa shape index (κ2) is 10.1. The van der Waals surface area contributed by atoms with Crippen LogP contribution in [0.4, 0.5) is 14.5 Å². The lowest BCUT2D eigenvalue weighted by atomic mass is 10.2. The summed E-state index contributed by atoms with van der Waals surface area (Å²) in [7, 11) is 1.53. The number of allylic oxidation sites excluding steroid dienone is 5. The van der Waals surface area contributed by atoms with E-state index in [1.165, 1.54) is 19.2 Å². The van der Waals surface area contributed by atoms with Crippen LogP contribution in [-0.2, 0) is 4.74 Å². The highest BCUT2D eigenvalue weighted by atomic mass is 79.9. The van der Waals surface area contributed by atoms with E-state index in [-0.39, 0.29) is 5.69 Å². The molecule has 0 unspecified atom stereocenters. The van der Waals surface area contributed by atoms with Crippen LogP contribution < -0.4 is 4.90 Å². The molecule has 130 valence electrons. The maximum absolute atomic E-state index is 14.5. The molecule has 0 heterocycles. The molecule has 0 bridgehead atoms. The van der Waals surface area contributed by atoms with Gasteiger partial charge in [0.1, 0.15) is 11.4 Å². The number of nitrogens with zero attached hydrogens (tertiary/aromatic N) is 1. The van der Waals surface area contributed by atoms with Crippen LogP contribution >= 0.6 is 15.9 Å². The summed E-state index contributed by atoms with van der Waals surface area (Å²) in [6.45, 7) is 5.80. The first-order valence-corrected chi connectivity index (χ1v) is 8.36. The monoisotopic (exact) mass is 397 g/mol. The van der Waals surface area contributed by atoms with Gasteiger partial charge >= 0.3 is 0 Å². The van der Waals surface area contributed by atoms with Crippen molar-refractivity contribution in [2.24, 2.45) is 0 Å². The Hall–Kier alpha value is -1.88. The fraction of sp³-hybridized carbons (Fsp3) is 0.263. The molecule has 1 rings (SSSR count). The molecule has 0 spiro atoms. The van der Waals surface area contributed by atoms with Gasteiger partial charge < -0.3 is 9.64 Å². The Morgan fingerprint density at radius 3 is 2.21 bits per heavy atom. The highest BCUT2D eigenvalue weighted by Gasteiger charge is 2.22. The molecule has 1 aromatic rings. The molecule has 1 aromatic carbocycles. The highest BCUT2D eigenvalue weighted by Crippen LogP contribution is 2.32. The van der Waals surface area contributed by atoms with Gasteiger partial charge in [-0.05, 0) is 39.0 Å². The van der Waals surface area contributed by atoms with Crippen molar-refractivity contribution in [3.63, 3.8) is 0 Å². The van der Waals surface area contributed by atoms with E-state index >= 15 is 0 Å². The van der Waals surface area contributed by atoms with Crippen LogP contribution in [0.3, 0.4) is 0 Å². The van der Waals surface area contributed by atoms with Gasteiger partial charge in [0, 0.05) is 11.0 Å². The maximum atomic E-state index is 14.5. The van der Waals surface area contributed by atoms with Crippen molar-refractivity contribution in [3.8, 4) is 0 Å². The summed E-state index contributed by atoms with van der Waals surface area (Å²) in [5, 5.41) is 0. The van der Waals surface area contributed by atoms with Crippen LogP contribution in [0.5, 0.6) is 0 Å². The summed E-state index contributed by atoms with van der Waals surface area (Å²) < 4.78 is 34.6. The SMILES string of the molecule is C/C=C\C=C/CN(C(=C/C)/C(=C\C)OC)c1c(F)cc(Br)cc1F. The van der Waals surface area contributed by atoms with Crippen LogP contribution in [0.1, 0.15) is 20.8 Å². The topological polar surface area (TPSA) is 12.5 Å². The fourth-order valence-electron chi connectivity index (χ4n) is 2.26. The third kappa shape index (κ3) is 5.06. The van der Waals surface area contributed by atoms with Crippen molar-refractivity contribution in [1.29, 1.82) is 0 Å². The van der Waals surface area contributed by atoms with Crippen LogP contribution in [0.15, 0.2) is 64.5 Å². The summed E-state index contributed by atoms with van der Waals surface area (Å²) in [4.78, 5) is 1.55. The van der Waals surface area contributed by atoms with Gasteiger partial charge in [-0.25, -0.2) is 8.78 Å². The molecule has 0 radical (unpaired) electrons. The number of halogens is 3. The normalized spacial score (nSPS) is 13.1. The maximum Gasteiger partial charge on any atom is 0.151 e. The van der Waals surface area contributed by atoms with Gasteiger partial charge in [-0.2, -0.15) is 0 Å². The molecule has 0 aliphatic rings. The van der Waals surface area contributed by atoms with E-state index in [9.17, 15) is 8.78 Å². The molecule has 0 atom stereocenters. The van der Waals surface area contributed by atoms with Crippen LogP contribution in [0, 0.1) is 11.6 Å². The standard InChI is InChI=1S/C19H22BrF2NO/c1-5-8-9-10-11-23(17(6-2)18(7-3)24-4)19-15(21)12-14(20)13-16(19)22/h5-10,12-13H,11H2,1-4H3/b8-5-,10-9-,17-6+,18-7+. The number of benzene rings is 1. The molecular formula is C19H22BrF2NO. The molecular weight excluding hydrogens is 376 g/mol. The van der Waals surface area contributed by atoms with E-state index in [1.54, 1.807) is 24.0 Å². The van der Waals surface area contributed by atoms with Crippen molar-refractivity contribution in [2.75, 3.05) is 18.6 Å². The smallest absolute Gasteiger partial charge is 0.151 e. The molecule has 0 amide bonds. The van der Waals surface area contributed by atoms with Gasteiger partial charge in [-0.3, -0.25) is 0 Å². The average Bonchev–Trinajstić information content (AvgIpc) is 2.54. The molecule has 0 saturated carbocycles. The summed E-state index contributed by atoms with van der Waals surface area (Å²) in [6.07, 6.45) is 10.9. The minimum Gasteiger partial charge on any atom is -0.495 e. The van der Waals surface area contributed by atoms with Gasteiger partial charge in [-0.1, -0.05) is 46.3 Å². The molecule has 0 aliphatic carbocycles. The predicted octanol–water partition coefficient (Wildman–Crippen LogP) is 6.12. The third-order valence-corrected chi connectivity index (χ3v) is 3.74. The third-order valence-electron chi connectivity index (χ3n) is 3.28. The summed E-state index contributed by atoms with van der Waals surface area (Å²) in [5.41, 5.74) is 0.470. The van der Waals surface area contributed by atoms with Gasteiger partial charge in [0.15, 0.2) is 11.6 Å². The van der Waals surface area contributed by atoms with E-state index < -0.39 is 11.6 Å². The van der Waals surface area contributed by atoms with Crippen molar-refractivity contribution < 1.29 is 13.5 Å². The van der Waals surface area contributed by atoms with Crippen LogP contribution in [-0.4, -0.2) is 13.7 Å². The van der Waals surface area contributed by atoms with Gasteiger partial charge in [0.25, 0.3) is 0 Å². The molecule has 5 heteroatoms. The Kier molecular flexibility index (Phi) is 8.47. The van der Waals surface area contributed by atoms with Gasteiger partial charge in [-0.15, -0.1) is 0 Å². The van der Waals surface area contributed by atoms with Crippen molar-refractivity contribution in [2.45, 2.75) is 20.8 Å². The first-order chi connectivity index (χ1) is 11.5. The van der Waals surface area contributed by atoms with E-state index in [2.05, 4.69) is 15.9 Å². The Bertz CT molecular complexity index is 655. The van der Waals surface area contributed by atoms with Crippen LogP contribution in [0.25, 0.3) is 0 Å². The van der Waals surface area contributed by atoms with Crippen LogP contribution in [0.2, 0.25) is 0 Å². The number of ether oxygens (including phenoxy) is 1. The lowest BCUT2D eigenvalue weighted by Crippen LogP contribution is -2.26. The Labute approximate surface area is 150 Å². The number of rotatable bonds is 7. The van der Waals surface area contributed by atoms with Gasteiger partial charge in [0.05, 0.1) is 12.8 Å². The number of hydrogen-bond acceptors (Lipinski definition) is 2. The summed E-state index contributed by atoms with van der Waals surface area (Å²) in [5.74, 6) is -0.752. The quantitative estimate of drug-likeness (QED) is 0.405. The minimum atomic E-state index is -0.646. The van der Waals surface area contributed by atoms with Gasteiger partial charge in [0.2, 0.25) is 0 Å². The molecule has 0 aliphatic heterocycles. The zero-order chi connectivity index (χ0) is 18.1. The van der Waals surface area contributed by atoms with Crippen molar-refractivity contribution in [1.82, 2.24) is 0 Å². The second-order valence-electron chi connectivity index (χ2n) is 4.81. The largest absolute Gasteiger partial charge is 0.495 e. The van der Waals surface area contributed by atoms with E-state index in [1.807, 2.05) is 38.2 Å². The van der Waals surface area contributed by atoms with Crippen molar-refractivity contribution in [3.05, 3.63) is 76.2 Å². The fourth-order valence-corrected chi connectivity index (χ4v) is 2.66. The molecule has 0 saturated heterocycles. The zero-order valence-electron chi connectivity index (χ0n) is 14.3.